The van der Waals surface area contributed by atoms with Gasteiger partial charge in [0.05, 0.1) is 0 Å². The molecule has 23 heavy (non-hydrogen) atoms. The van der Waals surface area contributed by atoms with Gasteiger partial charge in [-0.25, -0.2) is 0 Å². The maximum atomic E-state index is 6.19. The van der Waals surface area contributed by atoms with Gasteiger partial charge in [-0.3, -0.25) is 4.98 Å². The van der Waals surface area contributed by atoms with Gasteiger partial charge in [0.15, 0.2) is 0 Å². The number of pyridine rings is 1. The quantitative estimate of drug-likeness (QED) is 0.896. The van der Waals surface area contributed by atoms with Crippen LogP contribution < -0.4 is 10.1 Å². The highest BCUT2D eigenvalue weighted by atomic mass is 16.5. The first-order chi connectivity index (χ1) is 10.9. The van der Waals surface area contributed by atoms with Crippen LogP contribution in [0.5, 0.6) is 5.75 Å². The molecule has 1 N–H and O–H groups in total. The first-order valence-electron chi connectivity index (χ1n) is 8.40. The van der Waals surface area contributed by atoms with E-state index in [0.29, 0.717) is 12.0 Å². The zero-order valence-electron chi connectivity index (χ0n) is 14.5. The predicted octanol–water partition coefficient (Wildman–Crippen LogP) is 4.60. The summed E-state index contributed by atoms with van der Waals surface area (Å²) in [6, 6.07) is 11.0. The van der Waals surface area contributed by atoms with E-state index in [1.54, 1.807) is 0 Å². The average molecular weight is 310 g/mol. The van der Waals surface area contributed by atoms with Gasteiger partial charge in [-0.15, -0.1) is 0 Å². The third-order valence-corrected chi connectivity index (χ3v) is 4.46. The van der Waals surface area contributed by atoms with Crippen molar-refractivity contribution in [1.29, 1.82) is 0 Å². The third kappa shape index (κ3) is 3.73. The summed E-state index contributed by atoms with van der Waals surface area (Å²) in [5.41, 5.74) is 3.75. The molecule has 0 saturated heterocycles. The first kappa shape index (κ1) is 16.0. The molecule has 1 aromatic carbocycles. The molecule has 1 aliphatic rings. The third-order valence-electron chi connectivity index (χ3n) is 4.46. The van der Waals surface area contributed by atoms with Crippen LogP contribution in [0.15, 0.2) is 42.7 Å². The fraction of sp³-hybridized carbons (Fsp3) is 0.450. The van der Waals surface area contributed by atoms with E-state index in [-0.39, 0.29) is 5.60 Å². The van der Waals surface area contributed by atoms with E-state index in [0.717, 1.165) is 18.7 Å². The molecule has 0 spiro atoms. The first-order valence-corrected chi connectivity index (χ1v) is 8.40. The molecule has 0 fully saturated rings. The van der Waals surface area contributed by atoms with Crippen molar-refractivity contribution in [2.75, 3.05) is 0 Å². The normalized spacial score (nSPS) is 19.3. The van der Waals surface area contributed by atoms with Gasteiger partial charge < -0.3 is 10.1 Å². The number of benzene rings is 1. The Morgan fingerprint density at radius 2 is 1.96 bits per heavy atom. The second-order valence-corrected chi connectivity index (χ2v) is 7.31. The Morgan fingerprint density at radius 1 is 1.22 bits per heavy atom. The minimum atomic E-state index is -0.151. The molecule has 0 radical (unpaired) electrons. The zero-order valence-corrected chi connectivity index (χ0v) is 14.5. The summed E-state index contributed by atoms with van der Waals surface area (Å²) in [6.45, 7) is 9.62. The van der Waals surface area contributed by atoms with Gasteiger partial charge in [0.25, 0.3) is 0 Å². The number of fused-ring (bicyclic) bond motifs is 1. The van der Waals surface area contributed by atoms with Crippen molar-refractivity contribution in [1.82, 2.24) is 10.3 Å². The van der Waals surface area contributed by atoms with Crippen LogP contribution in [-0.2, 0) is 6.54 Å². The predicted molar refractivity (Wildman–Crippen MR) is 93.7 cm³/mol. The van der Waals surface area contributed by atoms with Gasteiger partial charge in [0, 0.05) is 37.0 Å². The summed E-state index contributed by atoms with van der Waals surface area (Å²) >= 11 is 0. The lowest BCUT2D eigenvalue weighted by Gasteiger charge is -2.38. The van der Waals surface area contributed by atoms with E-state index < -0.39 is 0 Å². The number of rotatable bonds is 4. The maximum Gasteiger partial charge on any atom is 0.124 e. The molecule has 1 aliphatic heterocycles. The number of nitrogens with one attached hydrogen (secondary N) is 1. The summed E-state index contributed by atoms with van der Waals surface area (Å²) in [5.74, 6) is 1.54. The summed E-state index contributed by atoms with van der Waals surface area (Å²) in [7, 11) is 0. The van der Waals surface area contributed by atoms with Crippen LogP contribution in [0.3, 0.4) is 0 Å². The Morgan fingerprint density at radius 3 is 2.65 bits per heavy atom. The number of aromatic nitrogens is 1. The van der Waals surface area contributed by atoms with Crippen LogP contribution in [0.2, 0.25) is 0 Å². The van der Waals surface area contributed by atoms with Crippen molar-refractivity contribution in [2.45, 2.75) is 58.2 Å². The maximum absolute atomic E-state index is 6.19. The zero-order chi connectivity index (χ0) is 16.4. The van der Waals surface area contributed by atoms with Crippen molar-refractivity contribution in [3.8, 4) is 5.75 Å². The Hall–Kier alpha value is -1.87. The van der Waals surface area contributed by atoms with Crippen LogP contribution in [-0.4, -0.2) is 10.6 Å². The molecule has 3 heteroatoms. The number of hydrogen-bond acceptors (Lipinski definition) is 3. The van der Waals surface area contributed by atoms with E-state index in [1.165, 1.54) is 16.7 Å². The van der Waals surface area contributed by atoms with Crippen molar-refractivity contribution in [3.63, 3.8) is 0 Å². The summed E-state index contributed by atoms with van der Waals surface area (Å²) < 4.78 is 6.19. The molecule has 0 aliphatic carbocycles. The van der Waals surface area contributed by atoms with Gasteiger partial charge in [-0.05, 0) is 49.1 Å². The van der Waals surface area contributed by atoms with E-state index >= 15 is 0 Å². The Labute approximate surface area is 139 Å². The van der Waals surface area contributed by atoms with E-state index in [2.05, 4.69) is 68.3 Å². The van der Waals surface area contributed by atoms with Gasteiger partial charge in [-0.1, -0.05) is 26.0 Å². The summed E-state index contributed by atoms with van der Waals surface area (Å²) in [6.07, 6.45) is 4.65. The molecular formula is C20H26N2O. The molecule has 0 saturated carbocycles. The molecule has 2 heterocycles. The molecule has 0 bridgehead atoms. The standard InChI is InChI=1S/C20H26N2O/c1-14(2)16-5-6-19-17(11-16)18(12-20(3,4)23-19)22-13-15-7-9-21-10-8-15/h5-11,14,18,22H,12-13H2,1-4H3. The van der Waals surface area contributed by atoms with Crippen molar-refractivity contribution < 1.29 is 4.74 Å². The fourth-order valence-corrected chi connectivity index (χ4v) is 3.16. The fourth-order valence-electron chi connectivity index (χ4n) is 3.16. The van der Waals surface area contributed by atoms with E-state index in [1.807, 2.05) is 12.4 Å². The van der Waals surface area contributed by atoms with Gasteiger partial charge >= 0.3 is 0 Å². The number of nitrogens with zero attached hydrogens (tertiary/aromatic N) is 1. The molecule has 3 nitrogen and oxygen atoms in total. The second kappa shape index (κ2) is 6.32. The van der Waals surface area contributed by atoms with Gasteiger partial charge in [-0.2, -0.15) is 0 Å². The average Bonchev–Trinajstić information content (AvgIpc) is 2.52. The molecule has 122 valence electrons. The number of ether oxygens (including phenoxy) is 1. The lowest BCUT2D eigenvalue weighted by molar-refractivity contribution is 0.0656. The lowest BCUT2D eigenvalue weighted by atomic mass is 9.87. The Balaban J connectivity index is 1.86. The topological polar surface area (TPSA) is 34.2 Å². The van der Waals surface area contributed by atoms with Crippen molar-refractivity contribution >= 4 is 0 Å². The highest BCUT2D eigenvalue weighted by Gasteiger charge is 2.33. The minimum Gasteiger partial charge on any atom is -0.487 e. The van der Waals surface area contributed by atoms with Gasteiger partial charge in [0.1, 0.15) is 11.4 Å². The SMILES string of the molecule is CC(C)c1ccc2c(c1)C(NCc1ccncc1)CC(C)(C)O2. The molecular weight excluding hydrogens is 284 g/mol. The van der Waals surface area contributed by atoms with Crippen LogP contribution in [0, 0.1) is 0 Å². The molecule has 3 rings (SSSR count). The molecule has 1 atom stereocenters. The monoisotopic (exact) mass is 310 g/mol. The second-order valence-electron chi connectivity index (χ2n) is 7.31. The summed E-state index contributed by atoms with van der Waals surface area (Å²) in [4.78, 5) is 4.08. The highest BCUT2D eigenvalue weighted by Crippen LogP contribution is 2.40. The Bertz CT molecular complexity index is 665. The molecule has 1 unspecified atom stereocenters. The van der Waals surface area contributed by atoms with E-state index in [4.69, 9.17) is 4.74 Å². The van der Waals surface area contributed by atoms with Crippen molar-refractivity contribution in [2.24, 2.45) is 0 Å². The minimum absolute atomic E-state index is 0.151. The molecule has 0 amide bonds. The molecule has 2 aromatic rings. The van der Waals surface area contributed by atoms with Crippen LogP contribution in [0.4, 0.5) is 0 Å². The summed E-state index contributed by atoms with van der Waals surface area (Å²) in [5, 5.41) is 3.71. The smallest absolute Gasteiger partial charge is 0.124 e. The molecule has 1 aromatic heterocycles. The van der Waals surface area contributed by atoms with Crippen molar-refractivity contribution in [3.05, 3.63) is 59.4 Å². The van der Waals surface area contributed by atoms with Crippen LogP contribution in [0.1, 0.15) is 62.8 Å². The van der Waals surface area contributed by atoms with E-state index in [9.17, 15) is 0 Å². The lowest BCUT2D eigenvalue weighted by Crippen LogP contribution is -2.39. The van der Waals surface area contributed by atoms with Gasteiger partial charge in [0.2, 0.25) is 0 Å². The van der Waals surface area contributed by atoms with Crippen LogP contribution in [0.25, 0.3) is 0 Å². The highest BCUT2D eigenvalue weighted by molar-refractivity contribution is 5.42. The Kier molecular flexibility index (Phi) is 4.40. The number of hydrogen-bond donors (Lipinski definition) is 1. The van der Waals surface area contributed by atoms with Crippen LogP contribution >= 0.6 is 0 Å². The largest absolute Gasteiger partial charge is 0.487 e.